The number of carbonyl (C=O) groups excluding carboxylic acids is 8. The van der Waals surface area contributed by atoms with Crippen LogP contribution in [0.5, 0.6) is 0 Å². The van der Waals surface area contributed by atoms with Crippen molar-refractivity contribution in [3.05, 3.63) is 114 Å². The summed E-state index contributed by atoms with van der Waals surface area (Å²) in [6.45, 7) is 10.2. The smallest absolute Gasteiger partial charge is 0.407 e. The van der Waals surface area contributed by atoms with Crippen molar-refractivity contribution in [3.8, 4) is 11.4 Å². The van der Waals surface area contributed by atoms with E-state index in [-0.39, 0.29) is 126 Å². The maximum atomic E-state index is 15.3. The maximum absolute atomic E-state index is 15.3. The lowest BCUT2D eigenvalue weighted by molar-refractivity contribution is -0.137. The van der Waals surface area contributed by atoms with Gasteiger partial charge in [-0.15, -0.1) is 0 Å². The average Bonchev–Trinajstić information content (AvgIpc) is 2.30. The van der Waals surface area contributed by atoms with Gasteiger partial charge in [0.25, 0.3) is 11.8 Å². The number of ether oxygens (including phenoxy) is 1. The summed E-state index contributed by atoms with van der Waals surface area (Å²) < 4.78 is 60.0. The van der Waals surface area contributed by atoms with Gasteiger partial charge in [-0.25, -0.2) is 37.0 Å². The monoisotopic (exact) mass is 1190 g/mol. The fourth-order valence-corrected chi connectivity index (χ4v) is 10.0. The second-order valence-electron chi connectivity index (χ2n) is 21.8. The summed E-state index contributed by atoms with van der Waals surface area (Å²) in [5.74, 6) is -3.93. The number of carbonyl (C=O) groups is 8. The van der Waals surface area contributed by atoms with E-state index in [0.29, 0.717) is 36.3 Å². The molecule has 1 fully saturated rings. The molecule has 0 saturated carbocycles. The fourth-order valence-electron chi connectivity index (χ4n) is 9.52. The van der Waals surface area contributed by atoms with Gasteiger partial charge in [0, 0.05) is 76.6 Å². The van der Waals surface area contributed by atoms with Gasteiger partial charge in [0.2, 0.25) is 29.0 Å². The molecule has 0 bridgehead atoms. The summed E-state index contributed by atoms with van der Waals surface area (Å²) >= 11 is -2.23. The van der Waals surface area contributed by atoms with Crippen molar-refractivity contribution >= 4 is 64.6 Å². The highest BCUT2D eigenvalue weighted by Gasteiger charge is 2.41. The number of aromatic nitrogens is 3. The van der Waals surface area contributed by atoms with Crippen LogP contribution >= 0.6 is 0 Å². The number of imide groups is 1. The Morgan fingerprint density at radius 1 is 0.821 bits per heavy atom. The van der Waals surface area contributed by atoms with E-state index in [1.165, 1.54) is 16.5 Å². The van der Waals surface area contributed by atoms with Crippen LogP contribution in [0.4, 0.5) is 28.9 Å². The first-order valence-electron chi connectivity index (χ1n) is 27.8. The third-order valence-electron chi connectivity index (χ3n) is 13.9. The Morgan fingerprint density at radius 3 is 2.14 bits per heavy atom. The van der Waals surface area contributed by atoms with Crippen LogP contribution in [-0.2, 0) is 53.1 Å². The van der Waals surface area contributed by atoms with Crippen LogP contribution < -0.4 is 32.3 Å². The standard InChI is InChI=1S/C57H75F2N13O11S/c1-37(2)48(65-45(73)17-10-7-11-28-70-46(74)24-25-47(70)75)53(77)64-44(16-12-26-61-54(60)78)52(76)63-41-21-18-39(19-22-41)36-83-55(79)62-27-13-29-71(56(80)68-30-32-69(33-31-68)84(81)82)49(57(3,4)5)51-66-50(42-34-40(58)20-23-43(42)59)67-72(51)35-38-14-8-6-9-15-38/h6,8-9,14-15,18-25,34,37,44,48-49H,7,10-13,16-17,26-33,35-36H2,1-5H3,(H,62,79)(H,63,76)(H,64,77)(H,65,73)(H,81,82)(H3,60,61,78). The minimum atomic E-state index is -2.23. The van der Waals surface area contributed by atoms with E-state index in [0.717, 1.165) is 28.7 Å². The first-order valence-corrected chi connectivity index (χ1v) is 28.9. The molecule has 8 N–H and O–H groups in total. The number of benzene rings is 3. The van der Waals surface area contributed by atoms with E-state index in [2.05, 4.69) is 31.7 Å². The third kappa shape index (κ3) is 19.2. The SMILES string of the molecule is CC(C)C(NC(=O)CCCCCN1C(=O)C=CC1=O)C(=O)NC(CCCNC(N)=O)C(=O)Nc1ccc(COC(=O)NCCCN(C(=O)N2CCN(S(=O)O)CC2)C(c2nc(-c3cc(F)ccc3F)nn2Cc2ccccc2)C(C)(C)C)cc1. The number of piperazine rings is 1. The number of unbranched alkanes of at least 4 members (excludes halogenated alkanes) is 2. The van der Waals surface area contributed by atoms with E-state index >= 15 is 4.39 Å². The molecule has 4 atom stereocenters. The molecule has 0 radical (unpaired) electrons. The molecule has 27 heteroatoms. The van der Waals surface area contributed by atoms with Crippen LogP contribution in [0.3, 0.4) is 0 Å². The van der Waals surface area contributed by atoms with Gasteiger partial charge < -0.3 is 46.9 Å². The van der Waals surface area contributed by atoms with Crippen molar-refractivity contribution in [2.24, 2.45) is 17.1 Å². The Bertz CT molecular complexity index is 2990. The molecule has 84 heavy (non-hydrogen) atoms. The van der Waals surface area contributed by atoms with E-state index in [1.54, 1.807) is 52.6 Å². The molecule has 2 aliphatic rings. The molecule has 0 spiro atoms. The quantitative estimate of drug-likeness (QED) is 0.0215. The molecule has 0 aliphatic carbocycles. The number of hydrogen-bond acceptors (Lipinski definition) is 12. The number of nitrogens with zero attached hydrogens (tertiary/aromatic N) is 7. The van der Waals surface area contributed by atoms with Crippen molar-refractivity contribution in [1.82, 2.24) is 55.0 Å². The van der Waals surface area contributed by atoms with Crippen molar-refractivity contribution in [2.45, 2.75) is 111 Å². The summed E-state index contributed by atoms with van der Waals surface area (Å²) in [6.07, 6.45) is 3.81. The normalized spacial score (nSPS) is 15.1. The Labute approximate surface area is 489 Å². The highest BCUT2D eigenvalue weighted by molar-refractivity contribution is 7.76. The maximum Gasteiger partial charge on any atom is 0.407 e. The summed E-state index contributed by atoms with van der Waals surface area (Å²) in [7, 11) is 0. The number of amides is 10. The van der Waals surface area contributed by atoms with E-state index < -0.39 is 76.4 Å². The van der Waals surface area contributed by atoms with Crippen molar-refractivity contribution < 1.29 is 60.6 Å². The van der Waals surface area contributed by atoms with E-state index in [4.69, 9.17) is 15.5 Å². The number of nitrogens with one attached hydrogen (secondary N) is 5. The number of alkyl carbamates (subject to hydrolysis) is 1. The van der Waals surface area contributed by atoms with Crippen LogP contribution in [0.25, 0.3) is 11.4 Å². The molecule has 454 valence electrons. The first-order chi connectivity index (χ1) is 40.0. The molecule has 2 aliphatic heterocycles. The summed E-state index contributed by atoms with van der Waals surface area (Å²) in [5.41, 5.74) is 6.02. The Balaban J connectivity index is 1.07. The Kier molecular flexibility index (Phi) is 23.9. The summed E-state index contributed by atoms with van der Waals surface area (Å²) in [5, 5.41) is 18.2. The molecule has 4 aromatic rings. The largest absolute Gasteiger partial charge is 0.445 e. The number of urea groups is 2. The summed E-state index contributed by atoms with van der Waals surface area (Å²) in [6, 6.07) is 14.6. The number of hydrogen-bond donors (Lipinski definition) is 7. The van der Waals surface area contributed by atoms with Crippen LogP contribution in [0.15, 0.2) is 84.9 Å². The molecular formula is C57H75F2N13O11S. The zero-order chi connectivity index (χ0) is 61.1. The number of rotatable bonds is 28. The van der Waals surface area contributed by atoms with Gasteiger partial charge in [0.1, 0.15) is 30.3 Å². The van der Waals surface area contributed by atoms with Gasteiger partial charge in [-0.1, -0.05) is 83.5 Å². The minimum absolute atomic E-state index is 0.0475. The molecule has 10 amide bonds. The predicted molar refractivity (Wildman–Crippen MR) is 307 cm³/mol. The Hall–Kier alpha value is -8.17. The summed E-state index contributed by atoms with van der Waals surface area (Å²) in [4.78, 5) is 112. The van der Waals surface area contributed by atoms with Gasteiger partial charge >= 0.3 is 18.2 Å². The second-order valence-corrected chi connectivity index (χ2v) is 22.7. The first kappa shape index (κ1) is 65.0. The highest BCUT2D eigenvalue weighted by atomic mass is 32.2. The molecule has 6 rings (SSSR count). The van der Waals surface area contributed by atoms with Crippen molar-refractivity contribution in [2.75, 3.05) is 57.7 Å². The number of anilines is 1. The van der Waals surface area contributed by atoms with Crippen LogP contribution in [-0.4, -0.2) is 155 Å². The van der Waals surface area contributed by atoms with Gasteiger partial charge in [-0.2, -0.15) is 9.40 Å². The molecule has 3 aromatic carbocycles. The average molecular weight is 1190 g/mol. The zero-order valence-corrected chi connectivity index (χ0v) is 48.6. The Morgan fingerprint density at radius 2 is 1.50 bits per heavy atom. The lowest BCUT2D eigenvalue weighted by atomic mass is 9.84. The van der Waals surface area contributed by atoms with E-state index in [9.17, 15) is 51.5 Å². The zero-order valence-electron chi connectivity index (χ0n) is 47.8. The van der Waals surface area contributed by atoms with Gasteiger partial charge in [0.05, 0.1) is 18.2 Å². The van der Waals surface area contributed by atoms with Crippen LogP contribution in [0, 0.1) is 23.0 Å². The molecule has 24 nitrogen and oxygen atoms in total. The molecule has 1 aromatic heterocycles. The van der Waals surface area contributed by atoms with E-state index in [1.807, 2.05) is 51.1 Å². The second kappa shape index (κ2) is 30.9. The lowest BCUT2D eigenvalue weighted by Crippen LogP contribution is -2.55. The molecule has 1 saturated heterocycles. The van der Waals surface area contributed by atoms with Gasteiger partial charge in [-0.05, 0) is 84.9 Å². The van der Waals surface area contributed by atoms with Crippen molar-refractivity contribution in [1.29, 1.82) is 0 Å². The number of halogens is 2. The van der Waals surface area contributed by atoms with Crippen LogP contribution in [0.2, 0.25) is 0 Å². The van der Waals surface area contributed by atoms with Gasteiger partial charge in [0.15, 0.2) is 11.6 Å². The highest BCUT2D eigenvalue weighted by Crippen LogP contribution is 2.39. The lowest BCUT2D eigenvalue weighted by Gasteiger charge is -2.43. The minimum Gasteiger partial charge on any atom is -0.445 e. The molecular weight excluding hydrogens is 1110 g/mol. The topological polar surface area (TPSA) is 313 Å². The van der Waals surface area contributed by atoms with Crippen LogP contribution in [0.1, 0.15) is 103 Å². The molecule has 4 unspecified atom stereocenters. The van der Waals surface area contributed by atoms with Crippen molar-refractivity contribution in [3.63, 3.8) is 0 Å². The number of primary amides is 1. The third-order valence-corrected chi connectivity index (χ3v) is 14.7. The fraction of sp³-hybridized carbons (Fsp3) is 0.474. The number of nitrogens with two attached hydrogens (primary N) is 1. The van der Waals surface area contributed by atoms with Gasteiger partial charge in [-0.3, -0.25) is 33.4 Å². The molecule has 3 heterocycles. The predicted octanol–water partition coefficient (Wildman–Crippen LogP) is 5.35.